The zero-order valence-corrected chi connectivity index (χ0v) is 53.1. The van der Waals surface area contributed by atoms with E-state index in [-0.39, 0.29) is 68.9 Å². The Kier molecular flexibility index (Phi) is 59.3. The van der Waals surface area contributed by atoms with Crippen molar-refractivity contribution in [1.82, 2.24) is 0 Å². The van der Waals surface area contributed by atoms with Gasteiger partial charge in [-0.15, -0.1) is 0 Å². The fourth-order valence-electron chi connectivity index (χ4n) is 9.72. The van der Waals surface area contributed by atoms with Gasteiger partial charge in [-0.1, -0.05) is 233 Å². The molecule has 0 heterocycles. The number of quaternary nitrogens is 3. The minimum Gasteiger partial charge on any atom is -1.00 e. The van der Waals surface area contributed by atoms with E-state index in [4.69, 9.17) is 14.2 Å². The molecule has 0 aromatic heterocycles. The smallest absolute Gasteiger partial charge is 0.361 e. The van der Waals surface area contributed by atoms with Crippen LogP contribution in [0.1, 0.15) is 265 Å². The van der Waals surface area contributed by atoms with Crippen molar-refractivity contribution in [2.75, 3.05) is 101 Å². The van der Waals surface area contributed by atoms with Crippen LogP contribution in [-0.2, 0) is 28.6 Å². The van der Waals surface area contributed by atoms with Crippen molar-refractivity contribution in [3.05, 3.63) is 0 Å². The van der Waals surface area contributed by atoms with Crippen molar-refractivity contribution in [3.63, 3.8) is 0 Å². The Bertz CT molecular complexity index is 1100. The number of hydrogen-bond acceptors (Lipinski definition) is 6. The van der Waals surface area contributed by atoms with Gasteiger partial charge in [0, 0.05) is 12.8 Å². The molecule has 0 aliphatic rings. The molecule has 0 rings (SSSR count). The molecule has 0 aliphatic heterocycles. The van der Waals surface area contributed by atoms with Crippen LogP contribution in [0.2, 0.25) is 0 Å². The Morgan fingerprint density at radius 2 is 0.465 bits per heavy atom. The molecule has 0 radical (unpaired) electrons. The molecule has 0 saturated carbocycles. The Hall–Kier alpha value is -0.270. The number of carbonyl (C=O) groups excluding carboxylic acids is 3. The maximum Gasteiger partial charge on any atom is 0.361 e. The SMILES string of the molecule is CCCCCCCCCCCCCCOC(=O)C[N+](C)(C)CCC[N+](C)(CCC[N+](C)(C)CC(=O)OCCCCCCCCCCCCCC)CC(=O)OCCCCCCCCCCCCCC.[Br-].[Br-].[Br-]. The van der Waals surface area contributed by atoms with Crippen molar-refractivity contribution in [2.45, 2.75) is 265 Å². The van der Waals surface area contributed by atoms with Gasteiger partial charge in [-0.25, -0.2) is 14.4 Å². The summed E-state index contributed by atoms with van der Waals surface area (Å²) in [5.41, 5.74) is 0. The first-order chi connectivity index (χ1) is 32.8. The van der Waals surface area contributed by atoms with Gasteiger partial charge in [0.05, 0.1) is 81.2 Å². The van der Waals surface area contributed by atoms with Gasteiger partial charge in [-0.2, -0.15) is 0 Å². The van der Waals surface area contributed by atoms with Gasteiger partial charge in [-0.05, 0) is 19.3 Å². The maximum atomic E-state index is 13.3. The molecule has 0 aromatic rings. The topological polar surface area (TPSA) is 78.9 Å². The van der Waals surface area contributed by atoms with E-state index >= 15 is 0 Å². The summed E-state index contributed by atoms with van der Waals surface area (Å²) in [4.78, 5) is 39.1. The average Bonchev–Trinajstić information content (AvgIpc) is 3.27. The summed E-state index contributed by atoms with van der Waals surface area (Å²) in [5, 5.41) is 0. The van der Waals surface area contributed by atoms with E-state index in [1.807, 2.05) is 0 Å². The summed E-state index contributed by atoms with van der Waals surface area (Å²) in [6.45, 7) is 12.7. The minimum absolute atomic E-state index is 0. The van der Waals surface area contributed by atoms with Gasteiger partial charge in [0.15, 0.2) is 19.6 Å². The highest BCUT2D eigenvalue weighted by molar-refractivity contribution is 5.71. The third-order valence-electron chi connectivity index (χ3n) is 14.3. The molecule has 0 unspecified atom stereocenters. The number of halogens is 3. The molecule has 12 heteroatoms. The molecular weight excluding hydrogens is 1090 g/mol. The first-order valence-electron chi connectivity index (χ1n) is 29.7. The molecule has 0 saturated heterocycles. The molecule has 0 aliphatic carbocycles. The molecule has 0 fully saturated rings. The number of likely N-dealkylation sites (N-methyl/N-ethyl adjacent to an activating group) is 3. The van der Waals surface area contributed by atoms with E-state index in [9.17, 15) is 14.4 Å². The lowest BCUT2D eigenvalue weighted by Gasteiger charge is -2.36. The monoisotopic (exact) mass is 1200 g/mol. The minimum atomic E-state index is -0.124. The first-order valence-corrected chi connectivity index (χ1v) is 29.7. The highest BCUT2D eigenvalue weighted by Crippen LogP contribution is 2.17. The van der Waals surface area contributed by atoms with E-state index in [0.29, 0.717) is 52.9 Å². The van der Waals surface area contributed by atoms with Gasteiger partial charge in [-0.3, -0.25) is 0 Å². The lowest BCUT2D eigenvalue weighted by atomic mass is 10.1. The molecule has 71 heavy (non-hydrogen) atoms. The summed E-state index contributed by atoms with van der Waals surface area (Å²) in [6.07, 6.45) is 48.1. The molecule has 0 N–H and O–H groups in total. The van der Waals surface area contributed by atoms with Crippen LogP contribution in [0.25, 0.3) is 0 Å². The number of ether oxygens (including phenoxy) is 3. The van der Waals surface area contributed by atoms with E-state index < -0.39 is 0 Å². The van der Waals surface area contributed by atoms with Crippen LogP contribution in [0.3, 0.4) is 0 Å². The fraction of sp³-hybridized carbons (Fsp3) is 0.949. The number of esters is 3. The Morgan fingerprint density at radius 1 is 0.268 bits per heavy atom. The number of carbonyl (C=O) groups is 3. The molecule has 0 spiro atoms. The lowest BCUT2D eigenvalue weighted by molar-refractivity contribution is -0.921. The van der Waals surface area contributed by atoms with Crippen molar-refractivity contribution in [1.29, 1.82) is 0 Å². The number of nitrogens with zero attached hydrogens (tertiary/aromatic N) is 3. The van der Waals surface area contributed by atoms with E-state index in [2.05, 4.69) is 56.0 Å². The van der Waals surface area contributed by atoms with Gasteiger partial charge in [0.25, 0.3) is 0 Å². The Labute approximate surface area is 473 Å². The van der Waals surface area contributed by atoms with Crippen LogP contribution in [0.5, 0.6) is 0 Å². The number of hydrogen-bond donors (Lipinski definition) is 0. The normalized spacial score (nSPS) is 11.7. The van der Waals surface area contributed by atoms with Crippen molar-refractivity contribution in [3.8, 4) is 0 Å². The molecule has 9 nitrogen and oxygen atoms in total. The average molecular weight is 1210 g/mol. The maximum absolute atomic E-state index is 13.3. The third-order valence-corrected chi connectivity index (χ3v) is 14.3. The quantitative estimate of drug-likeness (QED) is 0.0317. The van der Waals surface area contributed by atoms with Crippen LogP contribution in [0.4, 0.5) is 0 Å². The van der Waals surface area contributed by atoms with Crippen LogP contribution in [0.15, 0.2) is 0 Å². The summed E-state index contributed by atoms with van der Waals surface area (Å²) in [6, 6.07) is 0. The summed E-state index contributed by atoms with van der Waals surface area (Å²) < 4.78 is 18.9. The molecule has 0 atom stereocenters. The van der Waals surface area contributed by atoms with Crippen LogP contribution in [-0.4, -0.2) is 132 Å². The summed E-state index contributed by atoms with van der Waals surface area (Å²) in [7, 11) is 10.6. The number of unbranched alkanes of at least 4 members (excludes halogenated alkanes) is 33. The second-order valence-corrected chi connectivity index (χ2v) is 22.9. The third kappa shape index (κ3) is 55.8. The van der Waals surface area contributed by atoms with Crippen LogP contribution >= 0.6 is 0 Å². The summed E-state index contributed by atoms with van der Waals surface area (Å²) in [5.74, 6) is -0.366. The Balaban J connectivity index is -0.00000748. The summed E-state index contributed by atoms with van der Waals surface area (Å²) >= 11 is 0. The van der Waals surface area contributed by atoms with E-state index in [1.54, 1.807) is 0 Å². The van der Waals surface area contributed by atoms with Gasteiger partial charge in [0.2, 0.25) is 0 Å². The van der Waals surface area contributed by atoms with Gasteiger partial charge < -0.3 is 78.6 Å². The zero-order chi connectivity index (χ0) is 50.3. The largest absolute Gasteiger partial charge is 1.00 e. The van der Waals surface area contributed by atoms with Gasteiger partial charge in [0.1, 0.15) is 0 Å². The number of rotatable bonds is 53. The zero-order valence-electron chi connectivity index (χ0n) is 48.4. The van der Waals surface area contributed by atoms with Crippen molar-refractivity contribution < 1.29 is 93.0 Å². The van der Waals surface area contributed by atoms with Crippen LogP contribution < -0.4 is 50.9 Å². The van der Waals surface area contributed by atoms with E-state index in [1.165, 1.54) is 193 Å². The van der Waals surface area contributed by atoms with Crippen molar-refractivity contribution >= 4 is 17.9 Å². The molecule has 0 aromatic carbocycles. The lowest BCUT2D eigenvalue weighted by Crippen LogP contribution is -3.00. The van der Waals surface area contributed by atoms with Crippen molar-refractivity contribution in [2.24, 2.45) is 0 Å². The first kappa shape index (κ1) is 77.2. The molecule has 0 bridgehead atoms. The second-order valence-electron chi connectivity index (χ2n) is 22.9. The molecule has 428 valence electrons. The molecule has 0 amide bonds. The molecular formula is C59H120Br3N3O6. The highest BCUT2D eigenvalue weighted by atomic mass is 79.9. The second kappa shape index (κ2) is 54.5. The fourth-order valence-corrected chi connectivity index (χ4v) is 9.72. The van der Waals surface area contributed by atoms with Gasteiger partial charge >= 0.3 is 17.9 Å². The Morgan fingerprint density at radius 3 is 0.690 bits per heavy atom. The van der Waals surface area contributed by atoms with E-state index in [0.717, 1.165) is 77.5 Å². The predicted molar refractivity (Wildman–Crippen MR) is 290 cm³/mol. The standard InChI is InChI=1S/C59H120N3O6.3BrH/c1-9-12-15-18-21-24-27-30-33-36-39-42-51-66-57(63)54-60(4,5)47-45-49-62(8,56-59(65)68-53-44-41-38-35-32-29-26-23-20-17-14-11-3)50-46-48-61(6,7)55-58(64)67-52-43-40-37-34-31-28-25-22-19-16-13-10-2;;;/h9-56H2,1-8H3;3*1H/q+3;;;/p-3. The van der Waals surface area contributed by atoms with Crippen LogP contribution in [0, 0.1) is 0 Å². The highest BCUT2D eigenvalue weighted by Gasteiger charge is 2.30. The predicted octanol–water partition coefficient (Wildman–Crippen LogP) is 6.11.